The van der Waals surface area contributed by atoms with E-state index in [2.05, 4.69) is 70.6 Å². The van der Waals surface area contributed by atoms with Crippen molar-refractivity contribution in [1.29, 1.82) is 0 Å². The molecule has 0 fully saturated rings. The van der Waals surface area contributed by atoms with Crippen LogP contribution in [0.4, 0.5) is 0 Å². The van der Waals surface area contributed by atoms with E-state index in [0.717, 1.165) is 0 Å². The van der Waals surface area contributed by atoms with Crippen molar-refractivity contribution in [3.8, 4) is 0 Å². The molecule has 0 bridgehead atoms. The first-order chi connectivity index (χ1) is 12.9. The van der Waals surface area contributed by atoms with E-state index in [4.69, 9.17) is 0 Å². The molecule has 4 aromatic heterocycles. The molecule has 4 heteroatoms. The zero-order valence-corrected chi connectivity index (χ0v) is 15.2. The van der Waals surface area contributed by atoms with Crippen molar-refractivity contribution in [2.24, 2.45) is 0 Å². The highest BCUT2D eigenvalue weighted by Crippen LogP contribution is 2.44. The van der Waals surface area contributed by atoms with E-state index in [1.807, 2.05) is 22.7 Å². The highest BCUT2D eigenvalue weighted by molar-refractivity contribution is 7.28. The first-order valence-electron chi connectivity index (χ1n) is 8.63. The first-order valence-corrected chi connectivity index (χ1v) is 10.3. The Balaban J connectivity index is 1.67. The Hall–Kier alpha value is -2.82. The fourth-order valence-electron chi connectivity index (χ4n) is 4.16. The molecule has 0 saturated carbocycles. The average molecular weight is 368 g/mol. The highest BCUT2D eigenvalue weighted by Gasteiger charge is 2.16. The molecule has 0 aliphatic carbocycles. The van der Waals surface area contributed by atoms with Crippen LogP contribution in [0, 0.1) is 0 Å². The van der Waals surface area contributed by atoms with E-state index in [-0.39, 0.29) is 0 Å². The monoisotopic (exact) mass is 368 g/mol. The third-order valence-electron chi connectivity index (χ3n) is 5.36. The highest BCUT2D eigenvalue weighted by atomic mass is 32.1. The van der Waals surface area contributed by atoms with Crippen molar-refractivity contribution in [2.75, 3.05) is 0 Å². The second-order valence-corrected chi connectivity index (χ2v) is 8.90. The van der Waals surface area contributed by atoms with E-state index >= 15 is 0 Å². The second kappa shape index (κ2) is 4.47. The Morgan fingerprint density at radius 3 is 1.50 bits per heavy atom. The van der Waals surface area contributed by atoms with Gasteiger partial charge in [0.15, 0.2) is 0 Å². The van der Waals surface area contributed by atoms with Crippen LogP contribution in [0.2, 0.25) is 0 Å². The van der Waals surface area contributed by atoms with Crippen LogP contribution < -0.4 is 0 Å². The van der Waals surface area contributed by atoms with Crippen molar-refractivity contribution in [3.05, 3.63) is 60.7 Å². The minimum Gasteiger partial charge on any atom is -0.353 e. The summed E-state index contributed by atoms with van der Waals surface area (Å²) >= 11 is 3.78. The SMILES string of the molecule is c1ccc2c(c1)[nH]c1c3cc4sc5c6ccccc6[nH]c5c4cc3sc21. The largest absolute Gasteiger partial charge is 0.353 e. The van der Waals surface area contributed by atoms with Gasteiger partial charge in [-0.15, -0.1) is 22.7 Å². The van der Waals surface area contributed by atoms with Gasteiger partial charge >= 0.3 is 0 Å². The number of aromatic amines is 2. The number of para-hydroxylation sites is 2. The number of hydrogen-bond donors (Lipinski definition) is 2. The number of aromatic nitrogens is 2. The Morgan fingerprint density at radius 1 is 0.538 bits per heavy atom. The molecule has 7 aromatic rings. The third-order valence-corrected chi connectivity index (χ3v) is 7.73. The second-order valence-electron chi connectivity index (χ2n) is 6.80. The number of benzene rings is 3. The number of H-pyrrole nitrogens is 2. The molecule has 2 nitrogen and oxygen atoms in total. The molecule has 2 N–H and O–H groups in total. The topological polar surface area (TPSA) is 31.6 Å². The Morgan fingerprint density at radius 2 is 1.00 bits per heavy atom. The molecule has 0 unspecified atom stereocenters. The fourth-order valence-corrected chi connectivity index (χ4v) is 6.60. The third kappa shape index (κ3) is 1.53. The summed E-state index contributed by atoms with van der Waals surface area (Å²) in [5, 5.41) is 5.31. The summed E-state index contributed by atoms with van der Waals surface area (Å²) in [6.45, 7) is 0. The van der Waals surface area contributed by atoms with Gasteiger partial charge in [0.25, 0.3) is 0 Å². The molecule has 0 spiro atoms. The van der Waals surface area contributed by atoms with Crippen LogP contribution in [0.3, 0.4) is 0 Å². The van der Waals surface area contributed by atoms with Gasteiger partial charge in [0.1, 0.15) is 0 Å². The lowest BCUT2D eigenvalue weighted by Crippen LogP contribution is -1.70. The summed E-state index contributed by atoms with van der Waals surface area (Å²) in [4.78, 5) is 7.26. The van der Waals surface area contributed by atoms with Crippen molar-refractivity contribution in [3.63, 3.8) is 0 Å². The van der Waals surface area contributed by atoms with E-state index < -0.39 is 0 Å². The normalized spacial score (nSPS) is 12.6. The lowest BCUT2D eigenvalue weighted by atomic mass is 10.2. The van der Waals surface area contributed by atoms with Crippen LogP contribution in [-0.2, 0) is 0 Å². The van der Waals surface area contributed by atoms with Crippen molar-refractivity contribution < 1.29 is 0 Å². The number of rotatable bonds is 0. The van der Waals surface area contributed by atoms with Gasteiger partial charge < -0.3 is 9.97 Å². The molecule has 7 rings (SSSR count). The minimum absolute atomic E-state index is 1.22. The van der Waals surface area contributed by atoms with Crippen LogP contribution in [-0.4, -0.2) is 9.97 Å². The standard InChI is InChI=1S/C22H12N2S2/c1-3-7-15-11(5-1)21-19(23-15)13-9-18-14(10-17(13)25-21)20-22(26-18)12-6-2-4-8-16(12)24-20/h1-10,23-24H. The number of thiophene rings is 2. The maximum atomic E-state index is 3.63. The number of hydrogen-bond acceptors (Lipinski definition) is 2. The van der Waals surface area contributed by atoms with Gasteiger partial charge in [-0.1, -0.05) is 36.4 Å². The zero-order chi connectivity index (χ0) is 16.8. The van der Waals surface area contributed by atoms with E-state index in [9.17, 15) is 0 Å². The van der Waals surface area contributed by atoms with Gasteiger partial charge in [-0.2, -0.15) is 0 Å². The molecule has 26 heavy (non-hydrogen) atoms. The number of fused-ring (bicyclic) bond motifs is 10. The van der Waals surface area contributed by atoms with Crippen LogP contribution in [0.15, 0.2) is 60.7 Å². The van der Waals surface area contributed by atoms with E-state index in [1.54, 1.807) is 0 Å². The summed E-state index contributed by atoms with van der Waals surface area (Å²) in [6, 6.07) is 21.9. The van der Waals surface area contributed by atoms with Gasteiger partial charge in [0.05, 0.1) is 20.4 Å². The molecule has 122 valence electrons. The molecule has 3 aromatic carbocycles. The molecule has 4 heterocycles. The average Bonchev–Trinajstić information content (AvgIpc) is 3.38. The van der Waals surface area contributed by atoms with E-state index in [1.165, 1.54) is 62.4 Å². The quantitative estimate of drug-likeness (QED) is 0.280. The van der Waals surface area contributed by atoms with Gasteiger partial charge in [0.2, 0.25) is 0 Å². The zero-order valence-electron chi connectivity index (χ0n) is 13.6. The smallest absolute Gasteiger partial charge is 0.0655 e. The molecule has 0 saturated heterocycles. The van der Waals surface area contributed by atoms with Gasteiger partial charge in [-0.05, 0) is 24.3 Å². The van der Waals surface area contributed by atoms with Gasteiger partial charge in [0, 0.05) is 42.0 Å². The van der Waals surface area contributed by atoms with Crippen molar-refractivity contribution in [2.45, 2.75) is 0 Å². The van der Waals surface area contributed by atoms with Gasteiger partial charge in [-0.3, -0.25) is 0 Å². The Bertz CT molecular complexity index is 1510. The molecular weight excluding hydrogens is 356 g/mol. The Labute approximate surface area is 155 Å². The van der Waals surface area contributed by atoms with Crippen LogP contribution >= 0.6 is 22.7 Å². The number of nitrogens with one attached hydrogen (secondary N) is 2. The molecular formula is C22H12N2S2. The lowest BCUT2D eigenvalue weighted by Gasteiger charge is -1.94. The molecule has 0 aliphatic rings. The summed E-state index contributed by atoms with van der Waals surface area (Å²) in [7, 11) is 0. The maximum Gasteiger partial charge on any atom is 0.0655 e. The Kier molecular flexibility index (Phi) is 2.30. The summed E-state index contributed by atoms with van der Waals surface area (Å²) in [5.41, 5.74) is 4.99. The predicted molar refractivity (Wildman–Crippen MR) is 116 cm³/mol. The van der Waals surface area contributed by atoms with E-state index in [0.29, 0.717) is 0 Å². The van der Waals surface area contributed by atoms with Gasteiger partial charge in [-0.25, -0.2) is 0 Å². The minimum atomic E-state index is 1.22. The summed E-state index contributed by atoms with van der Waals surface area (Å²) in [6.07, 6.45) is 0. The van der Waals surface area contributed by atoms with Crippen molar-refractivity contribution >= 4 is 85.1 Å². The predicted octanol–water partition coefficient (Wildman–Crippen LogP) is 7.39. The van der Waals surface area contributed by atoms with Crippen LogP contribution in [0.1, 0.15) is 0 Å². The van der Waals surface area contributed by atoms with Crippen molar-refractivity contribution in [1.82, 2.24) is 9.97 Å². The van der Waals surface area contributed by atoms with Crippen LogP contribution in [0.5, 0.6) is 0 Å². The summed E-state index contributed by atoms with van der Waals surface area (Å²) in [5.74, 6) is 0. The maximum absolute atomic E-state index is 3.63. The first kappa shape index (κ1) is 13.4. The lowest BCUT2D eigenvalue weighted by molar-refractivity contribution is 1.57. The summed E-state index contributed by atoms with van der Waals surface area (Å²) < 4.78 is 5.42. The molecule has 0 atom stereocenters. The molecule has 0 radical (unpaired) electrons. The fraction of sp³-hybridized carbons (Fsp3) is 0. The van der Waals surface area contributed by atoms with Crippen LogP contribution in [0.25, 0.3) is 62.4 Å². The molecule has 0 aliphatic heterocycles. The molecule has 0 amide bonds.